The first-order valence-corrected chi connectivity index (χ1v) is 7.34. The maximum atomic E-state index is 9.00. The zero-order chi connectivity index (χ0) is 17.8. The Hall–Kier alpha value is -3.77. The Morgan fingerprint density at radius 1 is 0.840 bits per heavy atom. The van der Waals surface area contributed by atoms with Gasteiger partial charge in [0.25, 0.3) is 0 Å². The van der Waals surface area contributed by atoms with E-state index in [1.165, 1.54) is 14.2 Å². The van der Waals surface area contributed by atoms with Crippen LogP contribution in [-0.2, 0) is 0 Å². The second-order valence-corrected chi connectivity index (χ2v) is 5.13. The quantitative estimate of drug-likeness (QED) is 0.722. The van der Waals surface area contributed by atoms with Crippen molar-refractivity contribution in [1.29, 1.82) is 10.5 Å². The molecule has 122 valence electrons. The van der Waals surface area contributed by atoms with Crippen LogP contribution in [0.5, 0.6) is 11.5 Å². The van der Waals surface area contributed by atoms with Crippen molar-refractivity contribution in [2.75, 3.05) is 14.2 Å². The Balaban J connectivity index is 2.05. The molecule has 0 spiro atoms. The fraction of sp³-hybridized carbons (Fsp3) is 0.105. The summed E-state index contributed by atoms with van der Waals surface area (Å²) in [7, 11) is 3.06. The highest BCUT2D eigenvalue weighted by molar-refractivity contribution is 5.74. The number of benzene rings is 2. The number of hydrogen-bond donors (Lipinski definition) is 0. The third kappa shape index (κ3) is 3.01. The molecular weight excluding hydrogens is 318 g/mol. The predicted molar refractivity (Wildman–Crippen MR) is 89.9 cm³/mol. The molecule has 0 fully saturated rings. The third-order valence-electron chi connectivity index (χ3n) is 3.71. The molecule has 0 aliphatic heterocycles. The van der Waals surface area contributed by atoms with Crippen molar-refractivity contribution in [3.05, 3.63) is 53.6 Å². The van der Waals surface area contributed by atoms with Crippen LogP contribution in [0.1, 0.15) is 11.1 Å². The van der Waals surface area contributed by atoms with Crippen LogP contribution in [0.3, 0.4) is 0 Å². The number of aromatic nitrogens is 1. The molecule has 3 rings (SSSR count). The highest BCUT2D eigenvalue weighted by atomic mass is 16.5. The van der Waals surface area contributed by atoms with Gasteiger partial charge in [-0.25, -0.2) is 0 Å². The van der Waals surface area contributed by atoms with E-state index in [1.54, 1.807) is 42.5 Å². The van der Waals surface area contributed by atoms with E-state index in [4.69, 9.17) is 24.5 Å². The first-order chi connectivity index (χ1) is 12.2. The van der Waals surface area contributed by atoms with E-state index >= 15 is 0 Å². The SMILES string of the molecule is COc1cc(C#N)ccc1-c1cc(-c2ccc(C#N)cc2OC)on1. The molecular formula is C19H13N3O3. The predicted octanol–water partition coefficient (Wildman–Crippen LogP) is 3.77. The first-order valence-electron chi connectivity index (χ1n) is 7.34. The lowest BCUT2D eigenvalue weighted by molar-refractivity contribution is 0.405. The van der Waals surface area contributed by atoms with Gasteiger partial charge >= 0.3 is 0 Å². The zero-order valence-corrected chi connectivity index (χ0v) is 13.6. The van der Waals surface area contributed by atoms with E-state index in [2.05, 4.69) is 17.3 Å². The van der Waals surface area contributed by atoms with Crippen molar-refractivity contribution in [3.8, 4) is 46.2 Å². The van der Waals surface area contributed by atoms with Crippen LogP contribution in [0.2, 0.25) is 0 Å². The van der Waals surface area contributed by atoms with Crippen molar-refractivity contribution in [2.45, 2.75) is 0 Å². The average Bonchev–Trinajstić information content (AvgIpc) is 3.16. The highest BCUT2D eigenvalue weighted by Crippen LogP contribution is 2.36. The van der Waals surface area contributed by atoms with Gasteiger partial charge in [0.05, 0.1) is 43.0 Å². The summed E-state index contributed by atoms with van der Waals surface area (Å²) in [6.07, 6.45) is 0. The molecule has 0 saturated heterocycles. The Bertz CT molecular complexity index is 929. The second-order valence-electron chi connectivity index (χ2n) is 5.13. The van der Waals surface area contributed by atoms with Crippen molar-refractivity contribution >= 4 is 0 Å². The lowest BCUT2D eigenvalue weighted by Gasteiger charge is -2.06. The normalized spacial score (nSPS) is 9.92. The molecule has 0 aliphatic carbocycles. The number of hydrogen-bond acceptors (Lipinski definition) is 6. The third-order valence-corrected chi connectivity index (χ3v) is 3.71. The van der Waals surface area contributed by atoms with Crippen LogP contribution in [0.25, 0.3) is 22.6 Å². The zero-order valence-electron chi connectivity index (χ0n) is 13.6. The van der Waals surface area contributed by atoms with Gasteiger partial charge in [0.1, 0.15) is 17.2 Å². The lowest BCUT2D eigenvalue weighted by Crippen LogP contribution is -1.89. The highest BCUT2D eigenvalue weighted by Gasteiger charge is 2.16. The number of ether oxygens (including phenoxy) is 2. The number of nitriles is 2. The molecule has 0 bridgehead atoms. The van der Waals surface area contributed by atoms with E-state index in [9.17, 15) is 0 Å². The van der Waals surface area contributed by atoms with Crippen LogP contribution in [0.4, 0.5) is 0 Å². The van der Waals surface area contributed by atoms with Crippen LogP contribution >= 0.6 is 0 Å². The van der Waals surface area contributed by atoms with Crippen molar-refractivity contribution in [3.63, 3.8) is 0 Å². The molecule has 3 aromatic rings. The molecule has 0 radical (unpaired) electrons. The number of nitrogens with zero attached hydrogens (tertiary/aromatic N) is 3. The van der Waals surface area contributed by atoms with Crippen molar-refractivity contribution < 1.29 is 14.0 Å². The number of methoxy groups -OCH3 is 2. The van der Waals surface area contributed by atoms with Gasteiger partial charge in [0, 0.05) is 11.6 Å². The summed E-state index contributed by atoms with van der Waals surface area (Å²) in [6, 6.07) is 16.1. The summed E-state index contributed by atoms with van der Waals surface area (Å²) in [6.45, 7) is 0. The van der Waals surface area contributed by atoms with E-state index in [0.29, 0.717) is 45.2 Å². The summed E-state index contributed by atoms with van der Waals surface area (Å²) in [5.74, 6) is 1.56. The largest absolute Gasteiger partial charge is 0.496 e. The van der Waals surface area contributed by atoms with Crippen molar-refractivity contribution in [2.24, 2.45) is 0 Å². The molecule has 6 heteroatoms. The maximum absolute atomic E-state index is 9.00. The van der Waals surface area contributed by atoms with Gasteiger partial charge in [-0.15, -0.1) is 0 Å². The molecule has 25 heavy (non-hydrogen) atoms. The van der Waals surface area contributed by atoms with Crippen molar-refractivity contribution in [1.82, 2.24) is 5.16 Å². The topological polar surface area (TPSA) is 92.1 Å². The molecule has 6 nitrogen and oxygen atoms in total. The van der Waals surface area contributed by atoms with Crippen LogP contribution < -0.4 is 9.47 Å². The minimum absolute atomic E-state index is 0.495. The Labute approximate surface area is 144 Å². The minimum atomic E-state index is 0.495. The summed E-state index contributed by atoms with van der Waals surface area (Å²) >= 11 is 0. The number of rotatable bonds is 4. The van der Waals surface area contributed by atoms with Gasteiger partial charge in [0.15, 0.2) is 5.76 Å². The van der Waals surface area contributed by atoms with Crippen LogP contribution in [0, 0.1) is 22.7 Å². The van der Waals surface area contributed by atoms with Gasteiger partial charge < -0.3 is 14.0 Å². The average molecular weight is 331 g/mol. The Kier molecular flexibility index (Phi) is 4.36. The molecule has 0 atom stereocenters. The molecule has 1 aromatic heterocycles. The van der Waals surface area contributed by atoms with E-state index in [-0.39, 0.29) is 0 Å². The smallest absolute Gasteiger partial charge is 0.171 e. The summed E-state index contributed by atoms with van der Waals surface area (Å²) in [5.41, 5.74) is 2.96. The van der Waals surface area contributed by atoms with Gasteiger partial charge in [-0.3, -0.25) is 0 Å². The second kappa shape index (κ2) is 6.77. The summed E-state index contributed by atoms with van der Waals surface area (Å²) < 4.78 is 16.1. The van der Waals surface area contributed by atoms with Gasteiger partial charge in [-0.2, -0.15) is 10.5 Å². The monoisotopic (exact) mass is 331 g/mol. The summed E-state index contributed by atoms with van der Waals surface area (Å²) in [5, 5.41) is 22.1. The standard InChI is InChI=1S/C19H13N3O3/c1-23-17-7-12(10-20)3-5-14(17)16-9-19(25-22-16)15-6-4-13(11-21)8-18(15)24-2/h3-9H,1-2H3. The van der Waals surface area contributed by atoms with E-state index in [1.807, 2.05) is 0 Å². The molecule has 0 unspecified atom stereocenters. The Morgan fingerprint density at radius 2 is 1.40 bits per heavy atom. The Morgan fingerprint density at radius 3 is 1.96 bits per heavy atom. The first kappa shape index (κ1) is 16.1. The molecule has 0 N–H and O–H groups in total. The molecule has 2 aromatic carbocycles. The summed E-state index contributed by atoms with van der Waals surface area (Å²) in [4.78, 5) is 0. The van der Waals surface area contributed by atoms with E-state index < -0.39 is 0 Å². The molecule has 0 amide bonds. The fourth-order valence-corrected chi connectivity index (χ4v) is 2.47. The van der Waals surface area contributed by atoms with Crippen LogP contribution in [0.15, 0.2) is 47.0 Å². The fourth-order valence-electron chi connectivity index (χ4n) is 2.47. The molecule has 0 aliphatic rings. The molecule has 1 heterocycles. The van der Waals surface area contributed by atoms with Gasteiger partial charge in [-0.1, -0.05) is 5.16 Å². The van der Waals surface area contributed by atoms with E-state index in [0.717, 1.165) is 0 Å². The molecule has 0 saturated carbocycles. The van der Waals surface area contributed by atoms with Crippen LogP contribution in [-0.4, -0.2) is 19.4 Å². The maximum Gasteiger partial charge on any atom is 0.171 e. The minimum Gasteiger partial charge on any atom is -0.496 e. The van der Waals surface area contributed by atoms with Gasteiger partial charge in [0.2, 0.25) is 0 Å². The lowest BCUT2D eigenvalue weighted by atomic mass is 10.1. The van der Waals surface area contributed by atoms with Gasteiger partial charge in [-0.05, 0) is 36.4 Å².